The summed E-state index contributed by atoms with van der Waals surface area (Å²) in [6.07, 6.45) is 0.488. The number of carbonyl (C=O) groups excluding carboxylic acids is 1. The second kappa shape index (κ2) is 6.30. The van der Waals surface area contributed by atoms with Crippen molar-refractivity contribution in [2.75, 3.05) is 14.2 Å². The van der Waals surface area contributed by atoms with Crippen molar-refractivity contribution in [2.45, 2.75) is 18.6 Å². The summed E-state index contributed by atoms with van der Waals surface area (Å²) in [5.74, 6) is 1.10. The van der Waals surface area contributed by atoms with Crippen molar-refractivity contribution in [1.29, 1.82) is 0 Å². The van der Waals surface area contributed by atoms with Crippen LogP contribution in [0.4, 0.5) is 0 Å². The van der Waals surface area contributed by atoms with Gasteiger partial charge in [0, 0.05) is 18.0 Å². The van der Waals surface area contributed by atoms with E-state index in [0.717, 1.165) is 16.9 Å². The average molecular weight is 313 g/mol. The summed E-state index contributed by atoms with van der Waals surface area (Å²) in [6, 6.07) is 12.8. The molecule has 0 amide bonds. The third-order valence-corrected chi connectivity index (χ3v) is 4.03. The maximum atomic E-state index is 11.6. The summed E-state index contributed by atoms with van der Waals surface area (Å²) in [4.78, 5) is 11.6. The molecule has 2 aromatic rings. The molecule has 120 valence electrons. The lowest BCUT2D eigenvalue weighted by Gasteiger charge is -2.31. The first-order valence-electron chi connectivity index (χ1n) is 7.41. The molecule has 0 radical (unpaired) electrons. The molecular weight excluding hydrogens is 294 g/mol. The lowest BCUT2D eigenvalue weighted by atomic mass is 9.92. The smallest absolute Gasteiger partial charge is 0.337 e. The van der Waals surface area contributed by atoms with Crippen LogP contribution < -0.4 is 15.2 Å². The van der Waals surface area contributed by atoms with E-state index in [2.05, 4.69) is 0 Å². The molecule has 0 saturated heterocycles. The zero-order valence-electron chi connectivity index (χ0n) is 13.1. The summed E-state index contributed by atoms with van der Waals surface area (Å²) in [6.45, 7) is 0. The number of hydrogen-bond donors (Lipinski definition) is 1. The van der Waals surface area contributed by atoms with Gasteiger partial charge in [0.1, 0.15) is 17.6 Å². The van der Waals surface area contributed by atoms with Gasteiger partial charge in [0.25, 0.3) is 0 Å². The minimum absolute atomic E-state index is 0.142. The monoisotopic (exact) mass is 313 g/mol. The van der Waals surface area contributed by atoms with Crippen LogP contribution in [0, 0.1) is 0 Å². The van der Waals surface area contributed by atoms with E-state index in [-0.39, 0.29) is 18.1 Å². The van der Waals surface area contributed by atoms with E-state index in [1.165, 1.54) is 7.11 Å². The van der Waals surface area contributed by atoms with E-state index in [9.17, 15) is 4.79 Å². The normalized spacial score (nSPS) is 19.4. The molecule has 2 atom stereocenters. The Morgan fingerprint density at radius 3 is 2.78 bits per heavy atom. The molecule has 0 aliphatic carbocycles. The molecule has 1 aliphatic heterocycles. The van der Waals surface area contributed by atoms with E-state index in [4.69, 9.17) is 19.9 Å². The highest BCUT2D eigenvalue weighted by atomic mass is 16.5. The highest BCUT2D eigenvalue weighted by Crippen LogP contribution is 2.40. The third kappa shape index (κ3) is 3.00. The van der Waals surface area contributed by atoms with Gasteiger partial charge in [-0.05, 0) is 35.9 Å². The van der Waals surface area contributed by atoms with Crippen LogP contribution >= 0.6 is 0 Å². The van der Waals surface area contributed by atoms with Crippen molar-refractivity contribution >= 4 is 5.97 Å². The Morgan fingerprint density at radius 1 is 1.22 bits per heavy atom. The van der Waals surface area contributed by atoms with Crippen LogP contribution in [-0.4, -0.2) is 20.2 Å². The number of ether oxygens (including phenoxy) is 3. The first kappa shape index (κ1) is 15.4. The van der Waals surface area contributed by atoms with Gasteiger partial charge >= 0.3 is 5.97 Å². The Labute approximate surface area is 135 Å². The predicted octanol–water partition coefficient (Wildman–Crippen LogP) is 3.01. The van der Waals surface area contributed by atoms with E-state index >= 15 is 0 Å². The molecule has 0 unspecified atom stereocenters. The number of rotatable bonds is 3. The van der Waals surface area contributed by atoms with Crippen LogP contribution in [-0.2, 0) is 4.74 Å². The molecule has 0 aromatic heterocycles. The van der Waals surface area contributed by atoms with Crippen LogP contribution in [0.1, 0.15) is 40.1 Å². The first-order valence-corrected chi connectivity index (χ1v) is 7.41. The second-order valence-electron chi connectivity index (χ2n) is 5.47. The van der Waals surface area contributed by atoms with Crippen LogP contribution in [0.15, 0.2) is 42.5 Å². The number of fused-ring (bicyclic) bond motifs is 1. The maximum absolute atomic E-state index is 11.6. The molecule has 3 rings (SSSR count). The topological polar surface area (TPSA) is 70.8 Å². The Hall–Kier alpha value is -2.53. The number of benzene rings is 2. The van der Waals surface area contributed by atoms with Crippen molar-refractivity contribution in [2.24, 2.45) is 5.73 Å². The molecule has 23 heavy (non-hydrogen) atoms. The van der Waals surface area contributed by atoms with E-state index in [1.807, 2.05) is 24.3 Å². The standard InChI is InChI=1S/C18H19NO4/c1-21-13-5-3-4-11(8-13)17-10-15(19)14-9-12(18(20)22-2)6-7-16(14)23-17/h3-9,15,17H,10,19H2,1-2H3/t15-,17-/m1/s1. The summed E-state index contributed by atoms with van der Waals surface area (Å²) < 4.78 is 16.1. The van der Waals surface area contributed by atoms with E-state index in [0.29, 0.717) is 17.7 Å². The lowest BCUT2D eigenvalue weighted by Crippen LogP contribution is -2.24. The molecule has 0 saturated carbocycles. The summed E-state index contributed by atoms with van der Waals surface area (Å²) in [5, 5.41) is 0. The molecule has 0 bridgehead atoms. The Morgan fingerprint density at radius 2 is 2.04 bits per heavy atom. The molecule has 2 aromatic carbocycles. The Kier molecular flexibility index (Phi) is 4.21. The summed E-state index contributed by atoms with van der Waals surface area (Å²) in [7, 11) is 2.99. The highest BCUT2D eigenvalue weighted by molar-refractivity contribution is 5.89. The van der Waals surface area contributed by atoms with Crippen LogP contribution in [0.5, 0.6) is 11.5 Å². The van der Waals surface area contributed by atoms with Gasteiger partial charge < -0.3 is 19.9 Å². The lowest BCUT2D eigenvalue weighted by molar-refractivity contribution is 0.0600. The number of nitrogens with two attached hydrogens (primary N) is 1. The summed E-state index contributed by atoms with van der Waals surface area (Å²) >= 11 is 0. The SMILES string of the molecule is COC(=O)c1ccc2c(c1)[C@H](N)C[C@H](c1cccc(OC)c1)O2. The molecule has 1 heterocycles. The molecule has 2 N–H and O–H groups in total. The highest BCUT2D eigenvalue weighted by Gasteiger charge is 2.28. The van der Waals surface area contributed by atoms with Gasteiger partial charge in [-0.1, -0.05) is 12.1 Å². The van der Waals surface area contributed by atoms with Gasteiger partial charge in [-0.3, -0.25) is 0 Å². The van der Waals surface area contributed by atoms with Gasteiger partial charge in [-0.15, -0.1) is 0 Å². The fourth-order valence-electron chi connectivity index (χ4n) is 2.80. The number of carbonyl (C=O) groups is 1. The maximum Gasteiger partial charge on any atom is 0.337 e. The van der Waals surface area contributed by atoms with Crippen molar-refractivity contribution in [3.05, 3.63) is 59.2 Å². The Balaban J connectivity index is 1.90. The molecule has 5 heteroatoms. The zero-order chi connectivity index (χ0) is 16.4. The zero-order valence-corrected chi connectivity index (χ0v) is 13.1. The first-order chi connectivity index (χ1) is 11.1. The summed E-state index contributed by atoms with van der Waals surface area (Å²) in [5.41, 5.74) is 8.61. The quantitative estimate of drug-likeness (QED) is 0.882. The molecule has 0 spiro atoms. The molecule has 0 fully saturated rings. The minimum Gasteiger partial charge on any atom is -0.497 e. The van der Waals surface area contributed by atoms with Crippen LogP contribution in [0.25, 0.3) is 0 Å². The second-order valence-corrected chi connectivity index (χ2v) is 5.47. The van der Waals surface area contributed by atoms with Crippen LogP contribution in [0.3, 0.4) is 0 Å². The van der Waals surface area contributed by atoms with E-state index in [1.54, 1.807) is 25.3 Å². The fraction of sp³-hybridized carbons (Fsp3) is 0.278. The molecule has 5 nitrogen and oxygen atoms in total. The number of hydrogen-bond acceptors (Lipinski definition) is 5. The van der Waals surface area contributed by atoms with Gasteiger partial charge in [0.05, 0.1) is 19.8 Å². The van der Waals surface area contributed by atoms with Crippen molar-refractivity contribution in [3.63, 3.8) is 0 Å². The van der Waals surface area contributed by atoms with Crippen molar-refractivity contribution < 1.29 is 19.0 Å². The third-order valence-electron chi connectivity index (χ3n) is 4.03. The number of esters is 1. The van der Waals surface area contributed by atoms with E-state index < -0.39 is 0 Å². The van der Waals surface area contributed by atoms with Crippen molar-refractivity contribution in [1.82, 2.24) is 0 Å². The van der Waals surface area contributed by atoms with Gasteiger partial charge in [0.15, 0.2) is 0 Å². The predicted molar refractivity (Wildman–Crippen MR) is 85.7 cm³/mol. The Bertz CT molecular complexity index is 729. The van der Waals surface area contributed by atoms with Crippen molar-refractivity contribution in [3.8, 4) is 11.5 Å². The largest absolute Gasteiger partial charge is 0.497 e. The van der Waals surface area contributed by atoms with Crippen LogP contribution in [0.2, 0.25) is 0 Å². The molecule has 1 aliphatic rings. The fourth-order valence-corrected chi connectivity index (χ4v) is 2.80. The number of methoxy groups -OCH3 is 2. The van der Waals surface area contributed by atoms with Gasteiger partial charge in [-0.2, -0.15) is 0 Å². The average Bonchev–Trinajstić information content (AvgIpc) is 2.60. The molecular formula is C18H19NO4. The van der Waals surface area contributed by atoms with Gasteiger partial charge in [-0.25, -0.2) is 4.79 Å². The van der Waals surface area contributed by atoms with Gasteiger partial charge in [0.2, 0.25) is 0 Å². The minimum atomic E-state index is -0.380.